The van der Waals surface area contributed by atoms with E-state index in [4.69, 9.17) is 10.1 Å². The smallest absolute Gasteiger partial charge is 0.273 e. The van der Waals surface area contributed by atoms with E-state index >= 15 is 0 Å². The summed E-state index contributed by atoms with van der Waals surface area (Å²) in [5, 5.41) is 14.1. The lowest BCUT2D eigenvalue weighted by Crippen LogP contribution is -2.39. The number of carbonyl (C=O) groups excluding carboxylic acids is 1. The van der Waals surface area contributed by atoms with Crippen molar-refractivity contribution < 1.29 is 4.79 Å². The van der Waals surface area contributed by atoms with Crippen LogP contribution in [-0.4, -0.2) is 50.0 Å². The molecule has 2 fully saturated rings. The Hall–Kier alpha value is -4.25. The molecule has 188 valence electrons. The number of pyridine rings is 1. The zero-order chi connectivity index (χ0) is 25.9. The van der Waals surface area contributed by atoms with E-state index in [1.54, 1.807) is 28.9 Å². The lowest BCUT2D eigenvalue weighted by atomic mass is 9.98. The van der Waals surface area contributed by atoms with Crippen LogP contribution in [0.25, 0.3) is 11.2 Å². The maximum Gasteiger partial charge on any atom is 0.273 e. The summed E-state index contributed by atoms with van der Waals surface area (Å²) in [5.74, 6) is 0.858. The van der Waals surface area contributed by atoms with Crippen molar-refractivity contribution in [2.75, 3.05) is 24.5 Å². The summed E-state index contributed by atoms with van der Waals surface area (Å²) in [4.78, 5) is 27.0. The van der Waals surface area contributed by atoms with Crippen LogP contribution in [0.3, 0.4) is 0 Å². The SMILES string of the molecule is C=C/C=C(\C=C)c1ccc(C(=O)N2CCCC[C@H]2c2cc3nc(N4CCC(C#N)C4)c(C)cn3n2)nc1. The van der Waals surface area contributed by atoms with Crippen molar-refractivity contribution >= 4 is 22.9 Å². The number of amides is 1. The monoisotopic (exact) mass is 493 g/mol. The van der Waals surface area contributed by atoms with E-state index in [1.807, 2.05) is 36.2 Å². The zero-order valence-corrected chi connectivity index (χ0v) is 21.2. The molecular formula is C29H31N7O. The highest BCUT2D eigenvalue weighted by molar-refractivity contribution is 5.93. The van der Waals surface area contributed by atoms with Crippen molar-refractivity contribution in [1.29, 1.82) is 5.26 Å². The van der Waals surface area contributed by atoms with E-state index in [-0.39, 0.29) is 17.9 Å². The van der Waals surface area contributed by atoms with Gasteiger partial charge in [-0.05, 0) is 44.2 Å². The summed E-state index contributed by atoms with van der Waals surface area (Å²) in [6.45, 7) is 11.8. The minimum atomic E-state index is -0.132. The van der Waals surface area contributed by atoms with Crippen LogP contribution in [0, 0.1) is 24.2 Å². The number of hydrogen-bond donors (Lipinski definition) is 0. The van der Waals surface area contributed by atoms with Gasteiger partial charge in [0.2, 0.25) is 0 Å². The third-order valence-electron chi connectivity index (χ3n) is 7.23. The van der Waals surface area contributed by atoms with Crippen molar-refractivity contribution in [1.82, 2.24) is 24.5 Å². The number of fused-ring (bicyclic) bond motifs is 1. The number of anilines is 1. The van der Waals surface area contributed by atoms with E-state index in [2.05, 4.69) is 29.1 Å². The highest BCUT2D eigenvalue weighted by Crippen LogP contribution is 2.33. The molecule has 3 aromatic heterocycles. The van der Waals surface area contributed by atoms with Crippen molar-refractivity contribution in [3.8, 4) is 6.07 Å². The van der Waals surface area contributed by atoms with Gasteiger partial charge >= 0.3 is 0 Å². The number of nitrogens with zero attached hydrogens (tertiary/aromatic N) is 7. The van der Waals surface area contributed by atoms with E-state index in [9.17, 15) is 10.1 Å². The Morgan fingerprint density at radius 1 is 1.22 bits per heavy atom. The third kappa shape index (κ3) is 4.77. The van der Waals surface area contributed by atoms with Gasteiger partial charge in [-0.25, -0.2) is 9.50 Å². The van der Waals surface area contributed by atoms with Crippen molar-refractivity contribution in [3.05, 3.63) is 84.5 Å². The molecule has 0 N–H and O–H groups in total. The molecule has 3 aromatic rings. The van der Waals surface area contributed by atoms with Gasteiger partial charge < -0.3 is 9.80 Å². The summed E-state index contributed by atoms with van der Waals surface area (Å²) < 4.78 is 1.80. The Morgan fingerprint density at radius 3 is 2.78 bits per heavy atom. The Morgan fingerprint density at radius 2 is 2.08 bits per heavy atom. The molecule has 0 aliphatic carbocycles. The molecule has 2 saturated heterocycles. The number of likely N-dealkylation sites (tertiary alicyclic amines) is 1. The number of allylic oxidation sites excluding steroid dienone is 4. The fourth-order valence-electron chi connectivity index (χ4n) is 5.29. The quantitative estimate of drug-likeness (QED) is 0.454. The van der Waals surface area contributed by atoms with Gasteiger partial charge in [-0.1, -0.05) is 37.5 Å². The molecule has 0 aromatic carbocycles. The Bertz CT molecular complexity index is 1410. The van der Waals surface area contributed by atoms with Gasteiger partial charge in [0.15, 0.2) is 5.65 Å². The Balaban J connectivity index is 1.41. The lowest BCUT2D eigenvalue weighted by Gasteiger charge is -2.34. The normalized spacial score (nSPS) is 20.2. The summed E-state index contributed by atoms with van der Waals surface area (Å²) in [6, 6.07) is 7.90. The van der Waals surface area contributed by atoms with Crippen LogP contribution in [0.5, 0.6) is 0 Å². The molecule has 2 aliphatic rings. The van der Waals surface area contributed by atoms with Gasteiger partial charge in [0.1, 0.15) is 11.5 Å². The van der Waals surface area contributed by atoms with E-state index < -0.39 is 0 Å². The molecular weight excluding hydrogens is 462 g/mol. The van der Waals surface area contributed by atoms with Crippen LogP contribution < -0.4 is 4.90 Å². The first-order valence-electron chi connectivity index (χ1n) is 12.8. The van der Waals surface area contributed by atoms with Gasteiger partial charge in [-0.2, -0.15) is 10.4 Å². The van der Waals surface area contributed by atoms with E-state index in [0.29, 0.717) is 18.8 Å². The predicted octanol–water partition coefficient (Wildman–Crippen LogP) is 4.91. The first kappa shape index (κ1) is 24.4. The Kier molecular flexibility index (Phi) is 6.87. The molecule has 8 nitrogen and oxygen atoms in total. The van der Waals surface area contributed by atoms with E-state index in [0.717, 1.165) is 66.1 Å². The number of nitriles is 1. The number of rotatable bonds is 6. The molecule has 8 heteroatoms. The minimum Gasteiger partial charge on any atom is -0.355 e. The highest BCUT2D eigenvalue weighted by atomic mass is 16.2. The first-order valence-corrected chi connectivity index (χ1v) is 12.8. The molecule has 37 heavy (non-hydrogen) atoms. The van der Waals surface area contributed by atoms with Gasteiger partial charge in [-0.3, -0.25) is 9.78 Å². The van der Waals surface area contributed by atoms with Gasteiger partial charge in [0, 0.05) is 49.2 Å². The maximum atomic E-state index is 13.5. The summed E-state index contributed by atoms with van der Waals surface area (Å²) >= 11 is 0. The minimum absolute atomic E-state index is 0.0451. The van der Waals surface area contributed by atoms with Gasteiger partial charge in [0.05, 0.1) is 23.7 Å². The summed E-state index contributed by atoms with van der Waals surface area (Å²) in [6.07, 6.45) is 12.7. The molecule has 5 rings (SSSR count). The highest BCUT2D eigenvalue weighted by Gasteiger charge is 2.32. The molecule has 0 bridgehead atoms. The van der Waals surface area contributed by atoms with Crippen LogP contribution in [0.2, 0.25) is 0 Å². The second-order valence-corrected chi connectivity index (χ2v) is 9.68. The second-order valence-electron chi connectivity index (χ2n) is 9.68. The number of piperidine rings is 1. The zero-order valence-electron chi connectivity index (χ0n) is 21.2. The van der Waals surface area contributed by atoms with Crippen LogP contribution >= 0.6 is 0 Å². The fraction of sp³-hybridized carbons (Fsp3) is 0.345. The topological polar surface area (TPSA) is 90.4 Å². The molecule has 0 spiro atoms. The van der Waals surface area contributed by atoms with Crippen LogP contribution in [0.15, 0.2) is 62.0 Å². The van der Waals surface area contributed by atoms with Crippen LogP contribution in [0.1, 0.15) is 59.0 Å². The molecule has 0 radical (unpaired) electrons. The molecule has 2 atom stereocenters. The number of carbonyl (C=O) groups is 1. The van der Waals surface area contributed by atoms with Crippen molar-refractivity contribution in [3.63, 3.8) is 0 Å². The van der Waals surface area contributed by atoms with Crippen molar-refractivity contribution in [2.24, 2.45) is 5.92 Å². The predicted molar refractivity (Wildman–Crippen MR) is 144 cm³/mol. The van der Waals surface area contributed by atoms with Crippen LogP contribution in [0.4, 0.5) is 5.82 Å². The van der Waals surface area contributed by atoms with Gasteiger partial charge in [0.25, 0.3) is 5.91 Å². The molecule has 1 unspecified atom stereocenters. The van der Waals surface area contributed by atoms with E-state index in [1.165, 1.54) is 0 Å². The molecule has 2 aliphatic heterocycles. The summed E-state index contributed by atoms with van der Waals surface area (Å²) in [5.41, 5.74) is 4.82. The standard InChI is InChI=1S/C29H31N7O/c1-4-8-22(5-2)23-10-11-24(31-17-23)29(37)35-13-7-6-9-26(35)25-15-27-32-28(20(3)18-36(27)33-25)34-14-12-21(16-30)19-34/h4-5,8,10-11,15,17-18,21,26H,1-2,6-7,9,12-14,19H2,3H3/b22-8+/t21?,26-/m0/s1. The third-order valence-corrected chi connectivity index (χ3v) is 7.23. The lowest BCUT2D eigenvalue weighted by molar-refractivity contribution is 0.0599. The molecule has 5 heterocycles. The van der Waals surface area contributed by atoms with Crippen molar-refractivity contribution in [2.45, 2.75) is 38.6 Å². The average molecular weight is 494 g/mol. The first-order chi connectivity index (χ1) is 18.0. The molecule has 1 amide bonds. The average Bonchev–Trinajstić information content (AvgIpc) is 3.58. The Labute approximate surface area is 217 Å². The fourth-order valence-corrected chi connectivity index (χ4v) is 5.29. The number of aryl methyl sites for hydroxylation is 1. The van der Waals surface area contributed by atoms with Gasteiger partial charge in [-0.15, -0.1) is 0 Å². The number of aromatic nitrogens is 4. The molecule has 0 saturated carbocycles. The van der Waals surface area contributed by atoms with Crippen LogP contribution in [-0.2, 0) is 0 Å². The summed E-state index contributed by atoms with van der Waals surface area (Å²) in [7, 11) is 0. The largest absolute Gasteiger partial charge is 0.355 e. The second kappa shape index (κ2) is 10.4. The number of hydrogen-bond acceptors (Lipinski definition) is 6. The maximum absolute atomic E-state index is 13.5.